The predicted molar refractivity (Wildman–Crippen MR) is 124 cm³/mol. The van der Waals surface area contributed by atoms with Crippen LogP contribution in [-0.4, -0.2) is 40.6 Å². The Hall–Kier alpha value is -2.93. The van der Waals surface area contributed by atoms with Gasteiger partial charge < -0.3 is 15.0 Å². The first-order chi connectivity index (χ1) is 14.7. The fourth-order valence-electron chi connectivity index (χ4n) is 3.22. The first-order valence-corrected chi connectivity index (χ1v) is 11.2. The lowest BCUT2D eigenvalue weighted by atomic mass is 10.1. The standard InChI is InChI=1S/C24H29N3O3S/c1-17-19-10-5-6-11-20(19)31-21(17)22(28)26-13-8-14-27(23(29)30-24(2,3)4)16-18-9-7-12-25-15-18/h5-7,9-12,15H,8,13-14,16H2,1-4H3,(H,26,28). The molecule has 0 radical (unpaired) electrons. The summed E-state index contributed by atoms with van der Waals surface area (Å²) < 4.78 is 6.66. The van der Waals surface area contributed by atoms with E-state index in [1.54, 1.807) is 17.3 Å². The number of aryl methyl sites for hydroxylation is 1. The highest BCUT2D eigenvalue weighted by Gasteiger charge is 2.22. The Labute approximate surface area is 187 Å². The van der Waals surface area contributed by atoms with Gasteiger partial charge in [-0.25, -0.2) is 4.79 Å². The van der Waals surface area contributed by atoms with Crippen molar-refractivity contribution in [3.05, 3.63) is 64.8 Å². The van der Waals surface area contributed by atoms with Crippen LogP contribution in [-0.2, 0) is 11.3 Å². The quantitative estimate of drug-likeness (QED) is 0.516. The van der Waals surface area contributed by atoms with Gasteiger partial charge in [0.1, 0.15) is 5.60 Å². The molecule has 0 aliphatic carbocycles. The van der Waals surface area contributed by atoms with Crippen LogP contribution >= 0.6 is 11.3 Å². The number of rotatable bonds is 7. The predicted octanol–water partition coefficient (Wildman–Crippen LogP) is 5.16. The number of carbonyl (C=O) groups excluding carboxylic acids is 2. The Morgan fingerprint density at radius 1 is 1.16 bits per heavy atom. The summed E-state index contributed by atoms with van der Waals surface area (Å²) in [6.45, 7) is 8.87. The lowest BCUT2D eigenvalue weighted by Crippen LogP contribution is -2.38. The Balaban J connectivity index is 1.58. The van der Waals surface area contributed by atoms with Crippen LogP contribution in [0.3, 0.4) is 0 Å². The summed E-state index contributed by atoms with van der Waals surface area (Å²) in [6, 6.07) is 11.8. The molecule has 3 rings (SSSR count). The van der Waals surface area contributed by atoms with Crippen LogP contribution in [0, 0.1) is 6.92 Å². The van der Waals surface area contributed by atoms with Crippen molar-refractivity contribution in [3.63, 3.8) is 0 Å². The van der Waals surface area contributed by atoms with E-state index in [9.17, 15) is 9.59 Å². The maximum absolute atomic E-state index is 12.7. The van der Waals surface area contributed by atoms with Crippen LogP contribution in [0.2, 0.25) is 0 Å². The second-order valence-corrected chi connectivity index (χ2v) is 9.48. The van der Waals surface area contributed by atoms with Crippen molar-refractivity contribution >= 4 is 33.4 Å². The molecule has 3 aromatic rings. The lowest BCUT2D eigenvalue weighted by Gasteiger charge is -2.27. The van der Waals surface area contributed by atoms with Crippen molar-refractivity contribution in [1.29, 1.82) is 0 Å². The first kappa shape index (κ1) is 22.7. The average Bonchev–Trinajstić information content (AvgIpc) is 3.06. The van der Waals surface area contributed by atoms with E-state index >= 15 is 0 Å². The third-order valence-electron chi connectivity index (χ3n) is 4.69. The maximum Gasteiger partial charge on any atom is 0.410 e. The van der Waals surface area contributed by atoms with Crippen molar-refractivity contribution in [1.82, 2.24) is 15.2 Å². The van der Waals surface area contributed by atoms with Gasteiger partial charge in [-0.3, -0.25) is 9.78 Å². The minimum atomic E-state index is -0.572. The van der Waals surface area contributed by atoms with E-state index in [2.05, 4.69) is 10.3 Å². The number of fused-ring (bicyclic) bond motifs is 1. The van der Waals surface area contributed by atoms with E-state index in [0.29, 0.717) is 26.1 Å². The highest BCUT2D eigenvalue weighted by atomic mass is 32.1. The van der Waals surface area contributed by atoms with Crippen molar-refractivity contribution in [2.45, 2.75) is 46.3 Å². The van der Waals surface area contributed by atoms with Gasteiger partial charge in [-0.2, -0.15) is 0 Å². The molecule has 2 aromatic heterocycles. The number of thiophene rings is 1. The SMILES string of the molecule is Cc1c(C(=O)NCCCN(Cc2cccnc2)C(=O)OC(C)(C)C)sc2ccccc12. The van der Waals surface area contributed by atoms with Gasteiger partial charge in [0, 0.05) is 30.2 Å². The highest BCUT2D eigenvalue weighted by Crippen LogP contribution is 2.30. The van der Waals surface area contributed by atoms with Crippen LogP contribution in [0.25, 0.3) is 10.1 Å². The maximum atomic E-state index is 12.7. The number of hydrogen-bond donors (Lipinski definition) is 1. The molecule has 0 atom stereocenters. The van der Waals surface area contributed by atoms with E-state index in [4.69, 9.17) is 4.74 Å². The molecular formula is C24H29N3O3S. The van der Waals surface area contributed by atoms with Crippen LogP contribution in [0.1, 0.15) is 48.0 Å². The largest absolute Gasteiger partial charge is 0.444 e. The topological polar surface area (TPSA) is 71.5 Å². The Morgan fingerprint density at radius 2 is 1.94 bits per heavy atom. The molecular weight excluding hydrogens is 410 g/mol. The fourth-order valence-corrected chi connectivity index (χ4v) is 4.34. The molecule has 0 saturated carbocycles. The number of hydrogen-bond acceptors (Lipinski definition) is 5. The van der Waals surface area contributed by atoms with Gasteiger partial charge >= 0.3 is 6.09 Å². The number of benzene rings is 1. The van der Waals surface area contributed by atoms with Crippen LogP contribution < -0.4 is 5.32 Å². The number of ether oxygens (including phenoxy) is 1. The highest BCUT2D eigenvalue weighted by molar-refractivity contribution is 7.21. The summed E-state index contributed by atoms with van der Waals surface area (Å²) in [5.74, 6) is -0.0743. The molecule has 6 nitrogen and oxygen atoms in total. The summed E-state index contributed by atoms with van der Waals surface area (Å²) in [5.41, 5.74) is 1.36. The van der Waals surface area contributed by atoms with Gasteiger partial charge in [0.2, 0.25) is 0 Å². The molecule has 0 aliphatic rings. The number of amides is 2. The minimum absolute atomic E-state index is 0.0743. The molecule has 1 aromatic carbocycles. The molecule has 2 heterocycles. The number of nitrogens with one attached hydrogen (secondary N) is 1. The van der Waals surface area contributed by atoms with E-state index in [0.717, 1.165) is 26.1 Å². The average molecular weight is 440 g/mol. The zero-order valence-electron chi connectivity index (χ0n) is 18.5. The van der Waals surface area contributed by atoms with E-state index < -0.39 is 5.60 Å². The van der Waals surface area contributed by atoms with Gasteiger partial charge in [-0.05, 0) is 62.8 Å². The van der Waals surface area contributed by atoms with Crippen LogP contribution in [0.5, 0.6) is 0 Å². The van der Waals surface area contributed by atoms with Gasteiger partial charge in [0.15, 0.2) is 0 Å². The molecule has 0 unspecified atom stereocenters. The summed E-state index contributed by atoms with van der Waals surface area (Å²) in [7, 11) is 0. The first-order valence-electron chi connectivity index (χ1n) is 10.4. The number of carbonyl (C=O) groups is 2. The minimum Gasteiger partial charge on any atom is -0.444 e. The molecule has 0 bridgehead atoms. The Morgan fingerprint density at radius 3 is 2.61 bits per heavy atom. The Kier molecular flexibility index (Phi) is 7.28. The third kappa shape index (κ3) is 6.28. The zero-order valence-corrected chi connectivity index (χ0v) is 19.3. The van der Waals surface area contributed by atoms with Crippen molar-refractivity contribution < 1.29 is 14.3 Å². The van der Waals surface area contributed by atoms with Crippen molar-refractivity contribution in [2.75, 3.05) is 13.1 Å². The second kappa shape index (κ2) is 9.92. The number of aromatic nitrogens is 1. The monoisotopic (exact) mass is 439 g/mol. The normalized spacial score (nSPS) is 11.4. The molecule has 0 spiro atoms. The third-order valence-corrected chi connectivity index (χ3v) is 5.96. The van der Waals surface area contributed by atoms with E-state index in [-0.39, 0.29) is 12.0 Å². The summed E-state index contributed by atoms with van der Waals surface area (Å²) in [6.07, 6.45) is 3.69. The molecule has 164 valence electrons. The van der Waals surface area contributed by atoms with Crippen LogP contribution in [0.4, 0.5) is 4.79 Å². The summed E-state index contributed by atoms with van der Waals surface area (Å²) in [4.78, 5) is 31.8. The molecule has 1 N–H and O–H groups in total. The number of pyridine rings is 1. The molecule has 0 aliphatic heterocycles. The van der Waals surface area contributed by atoms with Gasteiger partial charge in [-0.15, -0.1) is 11.3 Å². The van der Waals surface area contributed by atoms with Gasteiger partial charge in [0.05, 0.1) is 11.4 Å². The van der Waals surface area contributed by atoms with Crippen molar-refractivity contribution in [2.24, 2.45) is 0 Å². The lowest BCUT2D eigenvalue weighted by molar-refractivity contribution is 0.0232. The molecule has 2 amide bonds. The van der Waals surface area contributed by atoms with E-state index in [1.807, 2.05) is 64.1 Å². The zero-order chi connectivity index (χ0) is 22.4. The summed E-state index contributed by atoms with van der Waals surface area (Å²) >= 11 is 1.51. The fraction of sp³-hybridized carbons (Fsp3) is 0.375. The van der Waals surface area contributed by atoms with Crippen LogP contribution in [0.15, 0.2) is 48.8 Å². The van der Waals surface area contributed by atoms with E-state index in [1.165, 1.54) is 11.3 Å². The molecule has 0 fully saturated rings. The molecule has 7 heteroatoms. The van der Waals surface area contributed by atoms with Gasteiger partial charge in [-0.1, -0.05) is 24.3 Å². The summed E-state index contributed by atoms with van der Waals surface area (Å²) in [5, 5.41) is 4.10. The smallest absolute Gasteiger partial charge is 0.410 e. The number of nitrogens with zero attached hydrogens (tertiary/aromatic N) is 2. The molecule has 0 saturated heterocycles. The molecule has 31 heavy (non-hydrogen) atoms. The second-order valence-electron chi connectivity index (χ2n) is 8.42. The Bertz CT molecular complexity index is 1040. The van der Waals surface area contributed by atoms with Gasteiger partial charge in [0.25, 0.3) is 5.91 Å². The van der Waals surface area contributed by atoms with Crippen molar-refractivity contribution in [3.8, 4) is 0 Å².